The number of nitro benzene ring substituents is 1. The van der Waals surface area contributed by atoms with E-state index < -0.39 is 16.7 Å². The van der Waals surface area contributed by atoms with Gasteiger partial charge in [-0.25, -0.2) is 5.43 Å². The molecule has 0 fully saturated rings. The Morgan fingerprint density at radius 3 is 2.19 bits per heavy atom. The van der Waals surface area contributed by atoms with Crippen molar-refractivity contribution in [1.82, 2.24) is 10.7 Å². The fourth-order valence-corrected chi connectivity index (χ4v) is 3.20. The number of hydrogen-bond donors (Lipinski definition) is 2. The third-order valence-electron chi connectivity index (χ3n) is 4.99. The summed E-state index contributed by atoms with van der Waals surface area (Å²) in [6.07, 6.45) is 2.86. The van der Waals surface area contributed by atoms with E-state index in [1.165, 1.54) is 18.3 Å². The predicted molar refractivity (Wildman–Crippen MR) is 135 cm³/mol. The third kappa shape index (κ3) is 6.17. The quantitative estimate of drug-likeness (QED) is 0.162. The summed E-state index contributed by atoms with van der Waals surface area (Å²) in [5, 5.41) is 17.4. The molecule has 3 aromatic carbocycles. The average molecular weight is 480 g/mol. The van der Waals surface area contributed by atoms with E-state index in [4.69, 9.17) is 4.42 Å². The van der Waals surface area contributed by atoms with Crippen LogP contribution in [0.3, 0.4) is 0 Å². The van der Waals surface area contributed by atoms with Crippen LogP contribution in [0.2, 0.25) is 0 Å². The fraction of sp³-hybridized carbons (Fsp3) is 0. The number of carbonyl (C=O) groups is 2. The Bertz CT molecular complexity index is 1430. The highest BCUT2D eigenvalue weighted by Gasteiger charge is 2.14. The van der Waals surface area contributed by atoms with Crippen LogP contribution in [0.5, 0.6) is 0 Å². The highest BCUT2D eigenvalue weighted by atomic mass is 16.6. The standard InChI is InChI=1S/C27H20N4O5/c32-26(21-9-5-2-6-10-21)29-24(17-19-7-3-1-4-8-19)27(33)30-28-18-23-15-16-25(36-23)20-11-13-22(14-12-20)31(34)35/h1-18H,(H,29,32)(H,30,33). The molecule has 0 unspecified atom stereocenters. The fourth-order valence-electron chi connectivity index (χ4n) is 3.20. The van der Waals surface area contributed by atoms with Crippen LogP contribution in [0.4, 0.5) is 5.69 Å². The van der Waals surface area contributed by atoms with E-state index in [-0.39, 0.29) is 11.4 Å². The van der Waals surface area contributed by atoms with Gasteiger partial charge in [0.1, 0.15) is 17.2 Å². The van der Waals surface area contributed by atoms with Gasteiger partial charge in [-0.05, 0) is 48.0 Å². The first kappa shape index (κ1) is 23.8. The summed E-state index contributed by atoms with van der Waals surface area (Å²) in [7, 11) is 0. The number of hydrazone groups is 1. The SMILES string of the molecule is O=C(NN=Cc1ccc(-c2ccc([N+](=O)[O-])cc2)o1)C(=Cc1ccccc1)NC(=O)c1ccccc1. The molecule has 0 bridgehead atoms. The van der Waals surface area contributed by atoms with Gasteiger partial charge >= 0.3 is 0 Å². The van der Waals surface area contributed by atoms with Crippen molar-refractivity contribution in [2.75, 3.05) is 0 Å². The third-order valence-corrected chi connectivity index (χ3v) is 4.99. The lowest BCUT2D eigenvalue weighted by Crippen LogP contribution is -2.32. The van der Waals surface area contributed by atoms with Crippen LogP contribution < -0.4 is 10.7 Å². The molecule has 4 rings (SSSR count). The lowest BCUT2D eigenvalue weighted by atomic mass is 10.1. The van der Waals surface area contributed by atoms with E-state index in [0.717, 1.165) is 5.56 Å². The molecule has 36 heavy (non-hydrogen) atoms. The number of non-ortho nitro benzene ring substituents is 1. The monoisotopic (exact) mass is 480 g/mol. The van der Waals surface area contributed by atoms with Crippen molar-refractivity contribution in [1.29, 1.82) is 0 Å². The number of nitro groups is 1. The van der Waals surface area contributed by atoms with Gasteiger partial charge in [-0.1, -0.05) is 48.5 Å². The topological polar surface area (TPSA) is 127 Å². The molecule has 2 amide bonds. The van der Waals surface area contributed by atoms with Gasteiger partial charge in [0.05, 0.1) is 11.1 Å². The van der Waals surface area contributed by atoms with Crippen LogP contribution in [-0.4, -0.2) is 23.0 Å². The van der Waals surface area contributed by atoms with Crippen LogP contribution in [0.15, 0.2) is 112 Å². The van der Waals surface area contributed by atoms with E-state index in [9.17, 15) is 19.7 Å². The Labute approximate surface area is 205 Å². The molecule has 9 nitrogen and oxygen atoms in total. The lowest BCUT2D eigenvalue weighted by Gasteiger charge is -2.09. The minimum absolute atomic E-state index is 0.0122. The Hall–Kier alpha value is -5.31. The molecule has 4 aromatic rings. The summed E-state index contributed by atoms with van der Waals surface area (Å²) in [6.45, 7) is 0. The number of carbonyl (C=O) groups excluding carboxylic acids is 2. The van der Waals surface area contributed by atoms with Crippen LogP contribution >= 0.6 is 0 Å². The maximum atomic E-state index is 12.8. The molecule has 1 heterocycles. The largest absolute Gasteiger partial charge is 0.455 e. The van der Waals surface area contributed by atoms with Crippen LogP contribution in [0.1, 0.15) is 21.7 Å². The van der Waals surface area contributed by atoms with Crippen molar-refractivity contribution < 1.29 is 18.9 Å². The first-order valence-corrected chi connectivity index (χ1v) is 10.8. The number of hydrogen-bond acceptors (Lipinski definition) is 6. The van der Waals surface area contributed by atoms with Gasteiger partial charge in [0.25, 0.3) is 17.5 Å². The van der Waals surface area contributed by atoms with Crippen molar-refractivity contribution in [3.05, 3.63) is 130 Å². The predicted octanol–water partition coefficient (Wildman–Crippen LogP) is 4.78. The van der Waals surface area contributed by atoms with Gasteiger partial charge in [-0.2, -0.15) is 5.10 Å². The van der Waals surface area contributed by atoms with Gasteiger partial charge in [0.15, 0.2) is 0 Å². The number of rotatable bonds is 8. The number of nitrogens with one attached hydrogen (secondary N) is 2. The summed E-state index contributed by atoms with van der Waals surface area (Å²) in [4.78, 5) is 35.8. The molecule has 178 valence electrons. The zero-order chi connectivity index (χ0) is 25.3. The maximum absolute atomic E-state index is 12.8. The van der Waals surface area contributed by atoms with Crippen molar-refractivity contribution in [3.8, 4) is 11.3 Å². The molecule has 9 heteroatoms. The van der Waals surface area contributed by atoms with Crippen LogP contribution in [-0.2, 0) is 4.79 Å². The van der Waals surface area contributed by atoms with Crippen LogP contribution in [0.25, 0.3) is 17.4 Å². The summed E-state index contributed by atoms with van der Waals surface area (Å²) in [5.41, 5.74) is 4.16. The maximum Gasteiger partial charge on any atom is 0.287 e. The lowest BCUT2D eigenvalue weighted by molar-refractivity contribution is -0.384. The molecule has 0 radical (unpaired) electrons. The molecule has 0 atom stereocenters. The van der Waals surface area contributed by atoms with Gasteiger partial charge in [-0.15, -0.1) is 0 Å². The second-order valence-electron chi connectivity index (χ2n) is 7.49. The summed E-state index contributed by atoms with van der Waals surface area (Å²) in [5.74, 6) is -0.222. The summed E-state index contributed by atoms with van der Waals surface area (Å²) in [6, 6.07) is 26.9. The van der Waals surface area contributed by atoms with Crippen molar-refractivity contribution in [2.24, 2.45) is 5.10 Å². The van der Waals surface area contributed by atoms with Gasteiger partial charge < -0.3 is 9.73 Å². The molecule has 0 aliphatic carbocycles. The Balaban J connectivity index is 1.46. The molecular formula is C27H20N4O5. The smallest absolute Gasteiger partial charge is 0.287 e. The molecule has 0 saturated carbocycles. The minimum Gasteiger partial charge on any atom is -0.455 e. The molecule has 1 aromatic heterocycles. The second-order valence-corrected chi connectivity index (χ2v) is 7.49. The average Bonchev–Trinajstić information content (AvgIpc) is 3.38. The number of nitrogens with zero attached hydrogens (tertiary/aromatic N) is 2. The first-order valence-electron chi connectivity index (χ1n) is 10.8. The van der Waals surface area contributed by atoms with E-state index in [0.29, 0.717) is 22.6 Å². The number of amides is 2. The van der Waals surface area contributed by atoms with E-state index in [2.05, 4.69) is 15.8 Å². The molecule has 0 aliphatic rings. The molecular weight excluding hydrogens is 460 g/mol. The zero-order valence-electron chi connectivity index (χ0n) is 18.8. The summed E-state index contributed by atoms with van der Waals surface area (Å²) >= 11 is 0. The normalized spacial score (nSPS) is 11.3. The molecule has 0 aliphatic heterocycles. The van der Waals surface area contributed by atoms with Crippen molar-refractivity contribution in [3.63, 3.8) is 0 Å². The van der Waals surface area contributed by atoms with E-state index >= 15 is 0 Å². The Morgan fingerprint density at radius 2 is 1.53 bits per heavy atom. The zero-order valence-corrected chi connectivity index (χ0v) is 18.8. The molecule has 0 saturated heterocycles. The van der Waals surface area contributed by atoms with Crippen molar-refractivity contribution >= 4 is 29.8 Å². The Kier molecular flexibility index (Phi) is 7.42. The number of furan rings is 1. The second kappa shape index (κ2) is 11.2. The highest BCUT2D eigenvalue weighted by molar-refractivity contribution is 6.05. The van der Waals surface area contributed by atoms with Gasteiger partial charge in [-0.3, -0.25) is 19.7 Å². The van der Waals surface area contributed by atoms with Crippen LogP contribution in [0, 0.1) is 10.1 Å². The molecule has 2 N–H and O–H groups in total. The first-order chi connectivity index (χ1) is 17.5. The van der Waals surface area contributed by atoms with E-state index in [1.54, 1.807) is 72.8 Å². The molecule has 0 spiro atoms. The Morgan fingerprint density at radius 1 is 0.861 bits per heavy atom. The summed E-state index contributed by atoms with van der Waals surface area (Å²) < 4.78 is 5.68. The highest BCUT2D eigenvalue weighted by Crippen LogP contribution is 2.24. The van der Waals surface area contributed by atoms with Gasteiger partial charge in [0.2, 0.25) is 0 Å². The van der Waals surface area contributed by atoms with Gasteiger partial charge in [0, 0.05) is 23.3 Å². The number of benzene rings is 3. The van der Waals surface area contributed by atoms with Crippen molar-refractivity contribution in [2.45, 2.75) is 0 Å². The van der Waals surface area contributed by atoms with E-state index in [1.807, 2.05) is 18.2 Å². The minimum atomic E-state index is -0.624.